The Morgan fingerprint density at radius 3 is 2.46 bits per heavy atom. The highest BCUT2D eigenvalue weighted by atomic mass is 19.4. The lowest BCUT2D eigenvalue weighted by atomic mass is 9.99. The number of rotatable bonds is 4. The standard InChI is InChI=1S/C21H20F3NO/c1-3-4-10-18-17-11-5-6-12-19(17)25(14(2)26)20(18)15-8-7-9-16(13-15)21(22,23)24/h5-9,11-13H,3-4,10H2,1-2H3. The van der Waals surface area contributed by atoms with Crippen LogP contribution in [0.3, 0.4) is 0 Å². The van der Waals surface area contributed by atoms with Crippen molar-refractivity contribution in [1.82, 2.24) is 4.57 Å². The van der Waals surface area contributed by atoms with Crippen molar-refractivity contribution in [2.75, 3.05) is 0 Å². The maximum absolute atomic E-state index is 13.2. The van der Waals surface area contributed by atoms with Gasteiger partial charge in [-0.25, -0.2) is 0 Å². The van der Waals surface area contributed by atoms with Gasteiger partial charge in [0.05, 0.1) is 16.8 Å². The molecule has 5 heteroatoms. The third-order valence-corrected chi connectivity index (χ3v) is 4.54. The van der Waals surface area contributed by atoms with Crippen LogP contribution in [0.2, 0.25) is 0 Å². The summed E-state index contributed by atoms with van der Waals surface area (Å²) in [5.41, 5.74) is 1.93. The van der Waals surface area contributed by atoms with E-state index in [1.165, 1.54) is 17.6 Å². The number of alkyl halides is 3. The number of fused-ring (bicyclic) bond motifs is 1. The predicted octanol–water partition coefficient (Wildman–Crippen LogP) is 6.33. The van der Waals surface area contributed by atoms with Crippen molar-refractivity contribution in [2.45, 2.75) is 39.3 Å². The van der Waals surface area contributed by atoms with Crippen LogP contribution in [-0.4, -0.2) is 10.5 Å². The van der Waals surface area contributed by atoms with Gasteiger partial charge in [0.2, 0.25) is 5.91 Å². The molecule has 0 spiro atoms. The molecular formula is C21H20F3NO. The second-order valence-corrected chi connectivity index (χ2v) is 6.38. The first-order chi connectivity index (χ1) is 12.3. The number of halogens is 3. The van der Waals surface area contributed by atoms with Crippen LogP contribution >= 0.6 is 0 Å². The number of unbranched alkanes of at least 4 members (excludes halogenated alkanes) is 1. The summed E-state index contributed by atoms with van der Waals surface area (Å²) in [6.07, 6.45) is -1.85. The van der Waals surface area contributed by atoms with Crippen molar-refractivity contribution in [3.05, 3.63) is 59.7 Å². The van der Waals surface area contributed by atoms with Gasteiger partial charge in [0, 0.05) is 12.3 Å². The molecule has 0 aliphatic rings. The average molecular weight is 359 g/mol. The topological polar surface area (TPSA) is 22.0 Å². The number of benzene rings is 2. The predicted molar refractivity (Wildman–Crippen MR) is 97.3 cm³/mol. The van der Waals surface area contributed by atoms with Crippen LogP contribution in [0, 0.1) is 0 Å². The number of nitrogens with zero attached hydrogens (tertiary/aromatic N) is 1. The van der Waals surface area contributed by atoms with Gasteiger partial charge in [-0.2, -0.15) is 13.2 Å². The molecule has 3 rings (SSSR count). The number of aryl methyl sites for hydroxylation is 1. The summed E-state index contributed by atoms with van der Waals surface area (Å²) in [6.45, 7) is 3.50. The molecule has 1 heterocycles. The van der Waals surface area contributed by atoms with E-state index >= 15 is 0 Å². The van der Waals surface area contributed by atoms with Crippen LogP contribution in [0.1, 0.15) is 42.6 Å². The van der Waals surface area contributed by atoms with Gasteiger partial charge in [-0.3, -0.25) is 9.36 Å². The first kappa shape index (κ1) is 18.2. The minimum atomic E-state index is -4.42. The zero-order valence-electron chi connectivity index (χ0n) is 14.7. The highest BCUT2D eigenvalue weighted by molar-refractivity contribution is 6.00. The van der Waals surface area contributed by atoms with E-state index in [1.807, 2.05) is 24.3 Å². The van der Waals surface area contributed by atoms with Gasteiger partial charge in [0.1, 0.15) is 0 Å². The molecule has 0 radical (unpaired) electrons. The summed E-state index contributed by atoms with van der Waals surface area (Å²) in [5.74, 6) is -0.212. The van der Waals surface area contributed by atoms with E-state index in [0.29, 0.717) is 17.7 Å². The lowest BCUT2D eigenvalue weighted by Crippen LogP contribution is -2.09. The number of carbonyl (C=O) groups excluding carboxylic acids is 1. The van der Waals surface area contributed by atoms with Gasteiger partial charge in [-0.1, -0.05) is 43.7 Å². The second-order valence-electron chi connectivity index (χ2n) is 6.38. The molecule has 0 amide bonds. The number of carbonyl (C=O) groups is 1. The third kappa shape index (κ3) is 3.26. The molecule has 0 N–H and O–H groups in total. The molecule has 3 aromatic rings. The molecule has 0 unspecified atom stereocenters. The minimum Gasteiger partial charge on any atom is -0.280 e. The fraction of sp³-hybridized carbons (Fsp3) is 0.286. The molecular weight excluding hydrogens is 339 g/mol. The summed E-state index contributed by atoms with van der Waals surface area (Å²) in [7, 11) is 0. The molecule has 2 aromatic carbocycles. The van der Waals surface area contributed by atoms with Gasteiger partial charge >= 0.3 is 6.18 Å². The molecule has 0 bridgehead atoms. The normalized spacial score (nSPS) is 11.9. The van der Waals surface area contributed by atoms with Crippen LogP contribution in [0.25, 0.3) is 22.2 Å². The summed E-state index contributed by atoms with van der Waals surface area (Å²) in [6, 6.07) is 12.7. The highest BCUT2D eigenvalue weighted by Gasteiger charge is 2.31. The van der Waals surface area contributed by atoms with Crippen molar-refractivity contribution in [3.63, 3.8) is 0 Å². The van der Waals surface area contributed by atoms with E-state index in [0.717, 1.165) is 41.4 Å². The Morgan fingerprint density at radius 1 is 1.08 bits per heavy atom. The smallest absolute Gasteiger partial charge is 0.280 e. The first-order valence-corrected chi connectivity index (χ1v) is 8.65. The lowest BCUT2D eigenvalue weighted by molar-refractivity contribution is -0.137. The third-order valence-electron chi connectivity index (χ3n) is 4.54. The molecule has 0 aliphatic carbocycles. The van der Waals surface area contributed by atoms with Crippen molar-refractivity contribution >= 4 is 16.8 Å². The Labute approximate surface area is 150 Å². The van der Waals surface area contributed by atoms with E-state index in [2.05, 4.69) is 6.92 Å². The first-order valence-electron chi connectivity index (χ1n) is 8.65. The minimum absolute atomic E-state index is 0.212. The van der Waals surface area contributed by atoms with Gasteiger partial charge in [0.25, 0.3) is 0 Å². The number of aromatic nitrogens is 1. The van der Waals surface area contributed by atoms with Gasteiger partial charge in [-0.05, 0) is 42.2 Å². The van der Waals surface area contributed by atoms with Crippen LogP contribution in [-0.2, 0) is 12.6 Å². The Balaban J connectivity index is 2.34. The Bertz CT molecular complexity index is 954. The molecule has 0 saturated heterocycles. The quantitative estimate of drug-likeness (QED) is 0.533. The Morgan fingerprint density at radius 2 is 1.81 bits per heavy atom. The van der Waals surface area contributed by atoms with Crippen LogP contribution in [0.15, 0.2) is 48.5 Å². The molecule has 136 valence electrons. The summed E-state index contributed by atoms with van der Waals surface area (Å²) >= 11 is 0. The van der Waals surface area contributed by atoms with Crippen molar-refractivity contribution in [2.24, 2.45) is 0 Å². The average Bonchev–Trinajstić information content (AvgIpc) is 2.94. The van der Waals surface area contributed by atoms with Crippen LogP contribution in [0.4, 0.5) is 13.2 Å². The van der Waals surface area contributed by atoms with Crippen molar-refractivity contribution in [1.29, 1.82) is 0 Å². The summed E-state index contributed by atoms with van der Waals surface area (Å²) in [5, 5.41) is 0.920. The molecule has 0 atom stereocenters. The van der Waals surface area contributed by atoms with E-state index in [4.69, 9.17) is 0 Å². The summed E-state index contributed by atoms with van der Waals surface area (Å²) in [4.78, 5) is 12.4. The van der Waals surface area contributed by atoms with Crippen molar-refractivity contribution in [3.8, 4) is 11.3 Å². The van der Waals surface area contributed by atoms with E-state index in [1.54, 1.807) is 6.07 Å². The Hall–Kier alpha value is -2.56. The zero-order valence-corrected chi connectivity index (χ0v) is 14.7. The van der Waals surface area contributed by atoms with E-state index in [9.17, 15) is 18.0 Å². The van der Waals surface area contributed by atoms with Crippen LogP contribution < -0.4 is 0 Å². The fourth-order valence-electron chi connectivity index (χ4n) is 3.39. The molecule has 0 aliphatic heterocycles. The number of hydrogen-bond donors (Lipinski definition) is 0. The largest absolute Gasteiger partial charge is 0.416 e. The number of para-hydroxylation sites is 1. The second kappa shape index (κ2) is 6.98. The molecule has 2 nitrogen and oxygen atoms in total. The monoisotopic (exact) mass is 359 g/mol. The van der Waals surface area contributed by atoms with Crippen molar-refractivity contribution < 1.29 is 18.0 Å². The van der Waals surface area contributed by atoms with Gasteiger partial charge in [0.15, 0.2) is 0 Å². The fourth-order valence-corrected chi connectivity index (χ4v) is 3.39. The molecule has 0 fully saturated rings. The number of hydrogen-bond acceptors (Lipinski definition) is 1. The van der Waals surface area contributed by atoms with Gasteiger partial charge in [-0.15, -0.1) is 0 Å². The van der Waals surface area contributed by atoms with E-state index in [-0.39, 0.29) is 5.91 Å². The Kier molecular flexibility index (Phi) is 4.90. The van der Waals surface area contributed by atoms with Gasteiger partial charge < -0.3 is 0 Å². The highest BCUT2D eigenvalue weighted by Crippen LogP contribution is 2.37. The lowest BCUT2D eigenvalue weighted by Gasteiger charge is -2.12. The SMILES string of the molecule is CCCCc1c(-c2cccc(C(F)(F)F)c2)n(C(C)=O)c2ccccc12. The van der Waals surface area contributed by atoms with E-state index < -0.39 is 11.7 Å². The molecule has 26 heavy (non-hydrogen) atoms. The van der Waals surface area contributed by atoms with Crippen LogP contribution in [0.5, 0.6) is 0 Å². The summed E-state index contributed by atoms with van der Waals surface area (Å²) < 4.78 is 41.1. The maximum atomic E-state index is 13.2. The zero-order chi connectivity index (χ0) is 18.9. The molecule has 0 saturated carbocycles. The molecule has 1 aromatic heterocycles. The maximum Gasteiger partial charge on any atom is 0.416 e.